The SMILES string of the molecule is COC(=O)c1ccc(CC(C)=C(O)OCc2ccccc2)cc1. The van der Waals surface area contributed by atoms with Gasteiger partial charge >= 0.3 is 5.97 Å². The fourth-order valence-corrected chi connectivity index (χ4v) is 2.11. The number of benzene rings is 2. The van der Waals surface area contributed by atoms with Crippen molar-refractivity contribution in [2.45, 2.75) is 20.0 Å². The van der Waals surface area contributed by atoms with Crippen LogP contribution in [0.1, 0.15) is 28.4 Å². The van der Waals surface area contributed by atoms with Crippen molar-refractivity contribution in [3.63, 3.8) is 0 Å². The quantitative estimate of drug-likeness (QED) is 0.646. The van der Waals surface area contributed by atoms with Crippen LogP contribution >= 0.6 is 0 Å². The number of aliphatic hydroxyl groups is 1. The Morgan fingerprint density at radius 2 is 1.65 bits per heavy atom. The van der Waals surface area contributed by atoms with Gasteiger partial charge in [0.25, 0.3) is 5.95 Å². The molecule has 0 aromatic heterocycles. The van der Waals surface area contributed by atoms with Crippen molar-refractivity contribution < 1.29 is 19.4 Å². The molecule has 120 valence electrons. The van der Waals surface area contributed by atoms with Crippen molar-refractivity contribution in [1.29, 1.82) is 0 Å². The number of ether oxygens (including phenoxy) is 2. The molecule has 0 saturated heterocycles. The number of carbonyl (C=O) groups excluding carboxylic acids is 1. The van der Waals surface area contributed by atoms with Crippen LogP contribution in [0.15, 0.2) is 66.1 Å². The maximum absolute atomic E-state index is 11.4. The van der Waals surface area contributed by atoms with E-state index in [1.54, 1.807) is 12.1 Å². The molecule has 0 heterocycles. The molecule has 0 atom stereocenters. The molecule has 4 heteroatoms. The fourth-order valence-electron chi connectivity index (χ4n) is 2.11. The number of allylic oxidation sites excluding steroid dienone is 1. The number of methoxy groups -OCH3 is 1. The summed E-state index contributed by atoms with van der Waals surface area (Å²) in [7, 11) is 1.35. The van der Waals surface area contributed by atoms with Crippen LogP contribution in [0.4, 0.5) is 0 Å². The Morgan fingerprint density at radius 3 is 2.26 bits per heavy atom. The van der Waals surface area contributed by atoms with Gasteiger partial charge in [-0.1, -0.05) is 42.5 Å². The lowest BCUT2D eigenvalue weighted by molar-refractivity contribution is 0.0600. The maximum atomic E-state index is 11.4. The second kappa shape index (κ2) is 8.03. The largest absolute Gasteiger partial charge is 0.481 e. The maximum Gasteiger partial charge on any atom is 0.337 e. The van der Waals surface area contributed by atoms with Crippen molar-refractivity contribution >= 4 is 5.97 Å². The smallest absolute Gasteiger partial charge is 0.337 e. The van der Waals surface area contributed by atoms with Crippen LogP contribution in [0.5, 0.6) is 0 Å². The van der Waals surface area contributed by atoms with Gasteiger partial charge in [0.15, 0.2) is 0 Å². The van der Waals surface area contributed by atoms with Crippen molar-refractivity contribution in [1.82, 2.24) is 0 Å². The standard InChI is InChI=1S/C19H20O4/c1-14(18(20)23-13-16-6-4-3-5-7-16)12-15-8-10-17(11-9-15)19(21)22-2/h3-11,20H,12-13H2,1-2H3. The first-order valence-corrected chi connectivity index (χ1v) is 7.33. The van der Waals surface area contributed by atoms with E-state index < -0.39 is 0 Å². The van der Waals surface area contributed by atoms with Crippen LogP contribution in [-0.4, -0.2) is 18.2 Å². The predicted molar refractivity (Wildman–Crippen MR) is 88.0 cm³/mol. The van der Waals surface area contributed by atoms with Crippen molar-refractivity contribution in [2.75, 3.05) is 7.11 Å². The molecule has 0 saturated carbocycles. The fraction of sp³-hybridized carbons (Fsp3) is 0.211. The Morgan fingerprint density at radius 1 is 1.00 bits per heavy atom. The van der Waals surface area contributed by atoms with Crippen LogP contribution < -0.4 is 0 Å². The van der Waals surface area contributed by atoms with E-state index in [4.69, 9.17) is 4.74 Å². The molecule has 2 aromatic carbocycles. The molecule has 0 aliphatic carbocycles. The van der Waals surface area contributed by atoms with Crippen LogP contribution in [0.25, 0.3) is 0 Å². The lowest BCUT2D eigenvalue weighted by atomic mass is 10.1. The number of carbonyl (C=O) groups is 1. The van der Waals surface area contributed by atoms with Crippen LogP contribution in [0.3, 0.4) is 0 Å². The van der Waals surface area contributed by atoms with E-state index in [-0.39, 0.29) is 11.9 Å². The van der Waals surface area contributed by atoms with E-state index in [9.17, 15) is 9.90 Å². The Kier molecular flexibility index (Phi) is 5.80. The van der Waals surface area contributed by atoms with Crippen molar-refractivity contribution in [3.8, 4) is 0 Å². The van der Waals surface area contributed by atoms with Crippen LogP contribution in [0, 0.1) is 0 Å². The van der Waals surface area contributed by atoms with Gasteiger partial charge in [-0.05, 0) is 30.2 Å². The van der Waals surface area contributed by atoms with E-state index in [1.165, 1.54) is 7.11 Å². The molecular weight excluding hydrogens is 292 g/mol. The Labute approximate surface area is 136 Å². The van der Waals surface area contributed by atoms with E-state index in [2.05, 4.69) is 4.74 Å². The summed E-state index contributed by atoms with van der Waals surface area (Å²) in [5.74, 6) is -0.427. The van der Waals surface area contributed by atoms with Gasteiger partial charge in [-0.3, -0.25) is 0 Å². The Balaban J connectivity index is 1.96. The number of esters is 1. The van der Waals surface area contributed by atoms with Gasteiger partial charge < -0.3 is 14.6 Å². The summed E-state index contributed by atoms with van der Waals surface area (Å²) < 4.78 is 10.1. The lowest BCUT2D eigenvalue weighted by Gasteiger charge is -2.09. The zero-order valence-corrected chi connectivity index (χ0v) is 13.3. The van der Waals surface area contributed by atoms with Gasteiger partial charge in [-0.15, -0.1) is 0 Å². The van der Waals surface area contributed by atoms with Gasteiger partial charge in [0, 0.05) is 12.0 Å². The summed E-state index contributed by atoms with van der Waals surface area (Å²) in [5, 5.41) is 10.0. The number of hydrogen-bond acceptors (Lipinski definition) is 4. The first-order valence-electron chi connectivity index (χ1n) is 7.33. The van der Waals surface area contributed by atoms with Gasteiger partial charge in [0.05, 0.1) is 12.7 Å². The number of rotatable bonds is 6. The normalized spacial score (nSPS) is 11.6. The second-order valence-electron chi connectivity index (χ2n) is 5.23. The highest BCUT2D eigenvalue weighted by molar-refractivity contribution is 5.89. The molecule has 2 rings (SSSR count). The summed E-state index contributed by atoms with van der Waals surface area (Å²) in [5.41, 5.74) is 3.20. The molecule has 0 unspecified atom stereocenters. The summed E-state index contributed by atoms with van der Waals surface area (Å²) >= 11 is 0. The third-order valence-corrected chi connectivity index (χ3v) is 3.43. The molecule has 0 spiro atoms. The molecular formula is C19H20O4. The van der Waals surface area contributed by atoms with Gasteiger partial charge in [-0.2, -0.15) is 0 Å². The minimum Gasteiger partial charge on any atom is -0.481 e. The van der Waals surface area contributed by atoms with E-state index in [0.29, 0.717) is 18.6 Å². The van der Waals surface area contributed by atoms with Crippen molar-refractivity contribution in [3.05, 3.63) is 82.8 Å². The first kappa shape index (κ1) is 16.6. The molecule has 0 bridgehead atoms. The minimum absolute atomic E-state index is 0.0640. The highest BCUT2D eigenvalue weighted by Gasteiger charge is 2.07. The number of aliphatic hydroxyl groups excluding tert-OH is 1. The monoisotopic (exact) mass is 312 g/mol. The molecule has 0 amide bonds. The second-order valence-corrected chi connectivity index (χ2v) is 5.23. The zero-order chi connectivity index (χ0) is 16.7. The minimum atomic E-state index is -0.363. The molecule has 1 N–H and O–H groups in total. The topological polar surface area (TPSA) is 55.8 Å². The average molecular weight is 312 g/mol. The van der Waals surface area contributed by atoms with Gasteiger partial charge in [0.2, 0.25) is 0 Å². The Bertz CT molecular complexity index is 672. The molecule has 0 aliphatic heterocycles. The summed E-state index contributed by atoms with van der Waals surface area (Å²) in [6.07, 6.45) is 0.544. The van der Waals surface area contributed by atoms with Gasteiger partial charge in [-0.25, -0.2) is 4.79 Å². The van der Waals surface area contributed by atoms with E-state index in [0.717, 1.165) is 16.7 Å². The number of hydrogen-bond donors (Lipinski definition) is 1. The zero-order valence-electron chi connectivity index (χ0n) is 13.3. The Hall–Kier alpha value is -2.75. The van der Waals surface area contributed by atoms with Crippen molar-refractivity contribution in [2.24, 2.45) is 0 Å². The van der Waals surface area contributed by atoms with E-state index in [1.807, 2.05) is 49.4 Å². The summed E-state index contributed by atoms with van der Waals surface area (Å²) in [4.78, 5) is 11.4. The highest BCUT2D eigenvalue weighted by Crippen LogP contribution is 2.14. The summed E-state index contributed by atoms with van der Waals surface area (Å²) in [6.45, 7) is 2.14. The third-order valence-electron chi connectivity index (χ3n) is 3.43. The van der Waals surface area contributed by atoms with Gasteiger partial charge in [0.1, 0.15) is 6.61 Å². The molecule has 23 heavy (non-hydrogen) atoms. The molecule has 0 radical (unpaired) electrons. The third kappa shape index (κ3) is 4.88. The first-order chi connectivity index (χ1) is 11.1. The average Bonchev–Trinajstić information content (AvgIpc) is 2.60. The molecule has 0 aliphatic rings. The molecule has 2 aromatic rings. The molecule has 0 fully saturated rings. The van der Waals surface area contributed by atoms with Crippen LogP contribution in [-0.2, 0) is 22.5 Å². The predicted octanol–water partition coefficient (Wildman–Crippen LogP) is 4.02. The van der Waals surface area contributed by atoms with E-state index >= 15 is 0 Å². The highest BCUT2D eigenvalue weighted by atomic mass is 16.6. The summed E-state index contributed by atoms with van der Waals surface area (Å²) in [6, 6.07) is 16.7. The van der Waals surface area contributed by atoms with Crippen LogP contribution in [0.2, 0.25) is 0 Å². The lowest BCUT2D eigenvalue weighted by Crippen LogP contribution is -2.02. The molecule has 4 nitrogen and oxygen atoms in total.